The van der Waals surface area contributed by atoms with Crippen molar-refractivity contribution < 1.29 is 4.79 Å². The Hall–Kier alpha value is -1.78. The van der Waals surface area contributed by atoms with Gasteiger partial charge in [-0.1, -0.05) is 29.3 Å². The number of benzene rings is 1. The third kappa shape index (κ3) is 4.34. The first-order chi connectivity index (χ1) is 10.1. The number of carbonyl (C=O) groups excluding carboxylic acids is 1. The summed E-state index contributed by atoms with van der Waals surface area (Å²) in [6, 6.07) is 8.69. The van der Waals surface area contributed by atoms with Crippen LogP contribution in [0.2, 0.25) is 10.0 Å². The van der Waals surface area contributed by atoms with Gasteiger partial charge in [0.1, 0.15) is 0 Å². The number of nitrogens with zero attached hydrogens (tertiary/aromatic N) is 2. The number of aromatic nitrogens is 1. The summed E-state index contributed by atoms with van der Waals surface area (Å²) < 4.78 is 0. The number of carbonyl (C=O) groups is 1. The number of likely N-dealkylation sites (N-methyl/N-ethyl adjacent to an activating group) is 1. The number of nitrogens with one attached hydrogen (secondary N) is 1. The van der Waals surface area contributed by atoms with Gasteiger partial charge in [-0.25, -0.2) is 4.79 Å². The normalized spacial score (nSPS) is 10.2. The predicted molar refractivity (Wildman–Crippen MR) is 86.1 cm³/mol. The molecule has 0 aliphatic rings. The summed E-state index contributed by atoms with van der Waals surface area (Å²) in [4.78, 5) is 17.7. The molecule has 0 aliphatic carbocycles. The van der Waals surface area contributed by atoms with Crippen molar-refractivity contribution in [3.05, 3.63) is 58.3 Å². The average molecular weight is 324 g/mol. The van der Waals surface area contributed by atoms with E-state index in [0.717, 1.165) is 12.0 Å². The molecule has 0 aliphatic heterocycles. The summed E-state index contributed by atoms with van der Waals surface area (Å²) in [6.45, 7) is 0.581. The second kappa shape index (κ2) is 7.29. The van der Waals surface area contributed by atoms with Crippen molar-refractivity contribution in [2.24, 2.45) is 0 Å². The van der Waals surface area contributed by atoms with Gasteiger partial charge >= 0.3 is 6.03 Å². The first-order valence-electron chi connectivity index (χ1n) is 6.43. The van der Waals surface area contributed by atoms with Gasteiger partial charge in [-0.2, -0.15) is 0 Å². The molecule has 0 spiro atoms. The summed E-state index contributed by atoms with van der Waals surface area (Å²) in [5, 5.41) is 3.56. The lowest BCUT2D eigenvalue weighted by Crippen LogP contribution is -2.33. The molecule has 0 bridgehead atoms. The van der Waals surface area contributed by atoms with Crippen LogP contribution in [0.15, 0.2) is 42.7 Å². The molecule has 1 aromatic carbocycles. The molecule has 6 heteroatoms. The van der Waals surface area contributed by atoms with E-state index in [2.05, 4.69) is 10.3 Å². The second-order valence-electron chi connectivity index (χ2n) is 4.55. The number of para-hydroxylation sites is 1. The van der Waals surface area contributed by atoms with Gasteiger partial charge in [0.25, 0.3) is 0 Å². The molecule has 1 N–H and O–H groups in total. The van der Waals surface area contributed by atoms with Crippen LogP contribution in [-0.2, 0) is 6.42 Å². The summed E-state index contributed by atoms with van der Waals surface area (Å²) in [7, 11) is 1.72. The van der Waals surface area contributed by atoms with E-state index in [4.69, 9.17) is 23.2 Å². The first kappa shape index (κ1) is 15.6. The van der Waals surface area contributed by atoms with Crippen LogP contribution in [-0.4, -0.2) is 29.5 Å². The summed E-state index contributed by atoms with van der Waals surface area (Å²) >= 11 is 12.1. The molecule has 2 amide bonds. The van der Waals surface area contributed by atoms with Crippen LogP contribution in [0.5, 0.6) is 0 Å². The Labute approximate surface area is 133 Å². The zero-order valence-corrected chi connectivity index (χ0v) is 13.0. The number of rotatable bonds is 4. The van der Waals surface area contributed by atoms with Crippen LogP contribution in [0.3, 0.4) is 0 Å². The molecule has 110 valence electrons. The van der Waals surface area contributed by atoms with Crippen LogP contribution in [0, 0.1) is 0 Å². The highest BCUT2D eigenvalue weighted by atomic mass is 35.5. The van der Waals surface area contributed by atoms with E-state index in [1.165, 1.54) is 0 Å². The molecule has 2 rings (SSSR count). The van der Waals surface area contributed by atoms with Crippen LogP contribution in [0.1, 0.15) is 5.56 Å². The number of halogens is 2. The Morgan fingerprint density at radius 1 is 1.19 bits per heavy atom. The fraction of sp³-hybridized carbons (Fsp3) is 0.200. The second-order valence-corrected chi connectivity index (χ2v) is 5.37. The molecule has 1 heterocycles. The van der Waals surface area contributed by atoms with Crippen molar-refractivity contribution >= 4 is 34.9 Å². The fourth-order valence-corrected chi connectivity index (χ4v) is 2.26. The molecule has 0 fully saturated rings. The van der Waals surface area contributed by atoms with Gasteiger partial charge in [-0.05, 0) is 36.2 Å². The quantitative estimate of drug-likeness (QED) is 0.920. The predicted octanol–water partition coefficient (Wildman–Crippen LogP) is 4.09. The zero-order valence-electron chi connectivity index (χ0n) is 11.5. The average Bonchev–Trinajstić information content (AvgIpc) is 2.49. The minimum Gasteiger partial charge on any atom is -0.327 e. The maximum absolute atomic E-state index is 12.1. The van der Waals surface area contributed by atoms with Crippen molar-refractivity contribution in [2.45, 2.75) is 6.42 Å². The number of pyridine rings is 1. The van der Waals surface area contributed by atoms with Gasteiger partial charge in [-0.15, -0.1) is 0 Å². The smallest absolute Gasteiger partial charge is 0.321 e. The maximum Gasteiger partial charge on any atom is 0.321 e. The van der Waals surface area contributed by atoms with Gasteiger partial charge in [0.05, 0.1) is 15.7 Å². The van der Waals surface area contributed by atoms with Crippen LogP contribution >= 0.6 is 23.2 Å². The minimum atomic E-state index is -0.251. The van der Waals surface area contributed by atoms with E-state index < -0.39 is 0 Å². The fourth-order valence-electron chi connectivity index (χ4n) is 1.77. The molecule has 2 aromatic rings. The van der Waals surface area contributed by atoms with Gasteiger partial charge in [0.15, 0.2) is 0 Å². The van der Waals surface area contributed by atoms with E-state index in [1.54, 1.807) is 42.5 Å². The molecular weight excluding hydrogens is 309 g/mol. The van der Waals surface area contributed by atoms with Crippen LogP contribution in [0.25, 0.3) is 0 Å². The topological polar surface area (TPSA) is 45.2 Å². The highest BCUT2D eigenvalue weighted by Crippen LogP contribution is 2.29. The number of hydrogen-bond donors (Lipinski definition) is 1. The highest BCUT2D eigenvalue weighted by molar-refractivity contribution is 6.39. The van der Waals surface area contributed by atoms with E-state index >= 15 is 0 Å². The lowest BCUT2D eigenvalue weighted by atomic mass is 10.2. The molecule has 1 aromatic heterocycles. The summed E-state index contributed by atoms with van der Waals surface area (Å²) in [5.74, 6) is 0. The molecule has 0 saturated carbocycles. The monoisotopic (exact) mass is 323 g/mol. The van der Waals surface area contributed by atoms with Crippen molar-refractivity contribution in [3.8, 4) is 0 Å². The number of amides is 2. The van der Waals surface area contributed by atoms with Crippen LogP contribution in [0.4, 0.5) is 10.5 Å². The van der Waals surface area contributed by atoms with E-state index in [-0.39, 0.29) is 6.03 Å². The zero-order chi connectivity index (χ0) is 15.2. The molecule has 0 radical (unpaired) electrons. The third-order valence-corrected chi connectivity index (χ3v) is 3.66. The number of hydrogen-bond acceptors (Lipinski definition) is 2. The molecule has 0 saturated heterocycles. The standard InChI is InChI=1S/C15H15Cl2N3O/c1-20(10-7-11-5-8-18-9-6-11)15(21)19-14-12(16)3-2-4-13(14)17/h2-6,8-9H,7,10H2,1H3,(H,19,21). The third-order valence-electron chi connectivity index (χ3n) is 3.03. The largest absolute Gasteiger partial charge is 0.327 e. The Morgan fingerprint density at radius 3 is 2.43 bits per heavy atom. The van der Waals surface area contributed by atoms with E-state index in [0.29, 0.717) is 22.3 Å². The van der Waals surface area contributed by atoms with Crippen molar-refractivity contribution in [2.75, 3.05) is 18.9 Å². The van der Waals surface area contributed by atoms with Crippen molar-refractivity contribution in [1.29, 1.82) is 0 Å². The Balaban J connectivity index is 1.94. The highest BCUT2D eigenvalue weighted by Gasteiger charge is 2.13. The Bertz CT molecular complexity index is 599. The SMILES string of the molecule is CN(CCc1ccncc1)C(=O)Nc1c(Cl)cccc1Cl. The maximum atomic E-state index is 12.1. The molecule has 0 unspecified atom stereocenters. The van der Waals surface area contributed by atoms with E-state index in [9.17, 15) is 4.79 Å². The van der Waals surface area contributed by atoms with Gasteiger partial charge in [0, 0.05) is 26.0 Å². The van der Waals surface area contributed by atoms with Gasteiger partial charge in [0.2, 0.25) is 0 Å². The minimum absolute atomic E-state index is 0.251. The lowest BCUT2D eigenvalue weighted by Gasteiger charge is -2.19. The number of urea groups is 1. The van der Waals surface area contributed by atoms with Gasteiger partial charge < -0.3 is 10.2 Å². The molecular formula is C15H15Cl2N3O. The van der Waals surface area contributed by atoms with Crippen molar-refractivity contribution in [3.63, 3.8) is 0 Å². The molecule has 0 atom stereocenters. The molecule has 4 nitrogen and oxygen atoms in total. The summed E-state index contributed by atoms with van der Waals surface area (Å²) in [6.07, 6.45) is 4.22. The lowest BCUT2D eigenvalue weighted by molar-refractivity contribution is 0.223. The van der Waals surface area contributed by atoms with Crippen LogP contribution < -0.4 is 5.32 Å². The first-order valence-corrected chi connectivity index (χ1v) is 7.18. The van der Waals surface area contributed by atoms with Crippen molar-refractivity contribution in [1.82, 2.24) is 9.88 Å². The number of anilines is 1. The Morgan fingerprint density at radius 2 is 1.81 bits per heavy atom. The van der Waals surface area contributed by atoms with Gasteiger partial charge in [-0.3, -0.25) is 4.98 Å². The Kier molecular flexibility index (Phi) is 5.42. The molecule has 21 heavy (non-hydrogen) atoms. The summed E-state index contributed by atoms with van der Waals surface area (Å²) in [5.41, 5.74) is 1.56. The van der Waals surface area contributed by atoms with E-state index in [1.807, 2.05) is 12.1 Å².